The topological polar surface area (TPSA) is 86.0 Å². The van der Waals surface area contributed by atoms with Gasteiger partial charge < -0.3 is 19.5 Å². The van der Waals surface area contributed by atoms with Gasteiger partial charge in [0.05, 0.1) is 25.9 Å². The predicted octanol–water partition coefficient (Wildman–Crippen LogP) is 1.44. The summed E-state index contributed by atoms with van der Waals surface area (Å²) < 4.78 is 25.0. The van der Waals surface area contributed by atoms with Crippen molar-refractivity contribution >= 4 is 6.09 Å². The van der Waals surface area contributed by atoms with Gasteiger partial charge in [-0.05, 0) is 17.7 Å². The van der Waals surface area contributed by atoms with Crippen molar-refractivity contribution in [1.82, 2.24) is 9.80 Å². The van der Waals surface area contributed by atoms with E-state index in [1.807, 2.05) is 0 Å². The summed E-state index contributed by atoms with van der Waals surface area (Å²) in [6.45, 7) is 2.40. The van der Waals surface area contributed by atoms with Gasteiger partial charge in [-0.3, -0.25) is 4.90 Å². The fourth-order valence-corrected chi connectivity index (χ4v) is 3.22. The molecule has 2 aliphatic rings. The zero-order valence-electron chi connectivity index (χ0n) is 13.2. The molecule has 0 radical (unpaired) electrons. The van der Waals surface area contributed by atoms with E-state index in [0.717, 1.165) is 0 Å². The molecule has 2 saturated heterocycles. The number of morpholine rings is 1. The zero-order valence-corrected chi connectivity index (χ0v) is 13.2. The van der Waals surface area contributed by atoms with Crippen molar-refractivity contribution < 1.29 is 23.8 Å². The van der Waals surface area contributed by atoms with E-state index < -0.39 is 11.9 Å². The second kappa shape index (κ2) is 6.63. The lowest BCUT2D eigenvalue weighted by Crippen LogP contribution is -2.59. The van der Waals surface area contributed by atoms with E-state index in [-0.39, 0.29) is 23.5 Å². The molecule has 3 rings (SSSR count). The summed E-state index contributed by atoms with van der Waals surface area (Å²) in [5.41, 5.74) is 0.493. The van der Waals surface area contributed by atoms with Gasteiger partial charge in [0.2, 0.25) is 0 Å². The molecule has 2 atom stereocenters. The number of hydrogen-bond donors (Lipinski definition) is 1. The Hall–Kier alpha value is -2.37. The van der Waals surface area contributed by atoms with Crippen LogP contribution in [0.1, 0.15) is 17.2 Å². The Bertz CT molecular complexity index is 691. The first-order valence-corrected chi connectivity index (χ1v) is 7.64. The van der Waals surface area contributed by atoms with Crippen LogP contribution in [0.15, 0.2) is 12.1 Å². The van der Waals surface area contributed by atoms with Crippen LogP contribution < -0.4 is 4.74 Å². The normalized spacial score (nSPS) is 24.1. The van der Waals surface area contributed by atoms with E-state index in [2.05, 4.69) is 4.90 Å². The highest BCUT2D eigenvalue weighted by Gasteiger charge is 2.35. The molecule has 0 aliphatic carbocycles. The fourth-order valence-electron chi connectivity index (χ4n) is 3.22. The number of methoxy groups -OCH3 is 1. The summed E-state index contributed by atoms with van der Waals surface area (Å²) >= 11 is 0. The molecule has 2 fully saturated rings. The Labute approximate surface area is 138 Å². The van der Waals surface area contributed by atoms with E-state index in [4.69, 9.17) is 19.8 Å². The van der Waals surface area contributed by atoms with Crippen LogP contribution in [0.25, 0.3) is 0 Å². The smallest absolute Gasteiger partial charge is 0.407 e. The Balaban J connectivity index is 1.76. The van der Waals surface area contributed by atoms with Crippen LogP contribution in [0.3, 0.4) is 0 Å². The van der Waals surface area contributed by atoms with Crippen molar-refractivity contribution in [2.45, 2.75) is 12.1 Å². The van der Waals surface area contributed by atoms with Crippen LogP contribution in [0.2, 0.25) is 0 Å². The van der Waals surface area contributed by atoms with Crippen molar-refractivity contribution in [1.29, 1.82) is 5.26 Å². The zero-order chi connectivity index (χ0) is 17.3. The van der Waals surface area contributed by atoms with Crippen molar-refractivity contribution in [3.05, 3.63) is 29.1 Å². The highest BCUT2D eigenvalue weighted by Crippen LogP contribution is 2.31. The maximum Gasteiger partial charge on any atom is 0.407 e. The summed E-state index contributed by atoms with van der Waals surface area (Å²) in [6, 6.07) is 4.73. The first kappa shape index (κ1) is 16.5. The largest absolute Gasteiger partial charge is 0.495 e. The number of carboxylic acid groups (broad SMARTS) is 1. The first-order valence-electron chi connectivity index (χ1n) is 7.64. The van der Waals surface area contributed by atoms with Crippen LogP contribution in [0, 0.1) is 17.1 Å². The van der Waals surface area contributed by atoms with Gasteiger partial charge in [-0.2, -0.15) is 5.26 Å². The molecule has 0 spiro atoms. The summed E-state index contributed by atoms with van der Waals surface area (Å²) in [5.74, 6) is -0.442. The van der Waals surface area contributed by atoms with Gasteiger partial charge in [-0.1, -0.05) is 0 Å². The summed E-state index contributed by atoms with van der Waals surface area (Å²) in [6.07, 6.45) is -1.26. The first-order chi connectivity index (χ1) is 11.5. The summed E-state index contributed by atoms with van der Waals surface area (Å²) in [4.78, 5) is 14.6. The number of ether oxygens (including phenoxy) is 2. The molecule has 2 aliphatic heterocycles. The van der Waals surface area contributed by atoms with Crippen LogP contribution in [0.5, 0.6) is 5.75 Å². The maximum atomic E-state index is 14.1. The molecule has 8 heteroatoms. The molecule has 1 aromatic carbocycles. The van der Waals surface area contributed by atoms with Gasteiger partial charge in [0.1, 0.15) is 23.2 Å². The molecule has 24 heavy (non-hydrogen) atoms. The molecule has 1 aromatic rings. The van der Waals surface area contributed by atoms with E-state index >= 15 is 0 Å². The van der Waals surface area contributed by atoms with Crippen LogP contribution in [0.4, 0.5) is 9.18 Å². The van der Waals surface area contributed by atoms with E-state index in [1.165, 1.54) is 18.1 Å². The number of nitriles is 1. The van der Waals surface area contributed by atoms with E-state index in [9.17, 15) is 9.18 Å². The maximum absolute atomic E-state index is 14.1. The molecule has 0 aromatic heterocycles. The molecule has 2 heterocycles. The molecule has 0 bridgehead atoms. The van der Waals surface area contributed by atoms with Gasteiger partial charge in [0.15, 0.2) is 0 Å². The quantitative estimate of drug-likeness (QED) is 0.880. The summed E-state index contributed by atoms with van der Waals surface area (Å²) in [5, 5.41) is 18.1. The minimum atomic E-state index is -0.921. The molecule has 7 nitrogen and oxygen atoms in total. The standard InChI is InChI=1S/C16H18FN3O4/c1-23-14-5-10(4-13(17)12(14)6-18)15-8-19-2-3-20(16(21)22)7-11(19)9-24-15/h4-5,11,15H,2-3,7-9H2,1H3,(H,21,22)/t11-,15-/m1/s1. The third-order valence-corrected chi connectivity index (χ3v) is 4.55. The van der Waals surface area contributed by atoms with E-state index in [1.54, 1.807) is 12.1 Å². The number of nitrogens with zero attached hydrogens (tertiary/aromatic N) is 3. The lowest BCUT2D eigenvalue weighted by Gasteiger charge is -2.45. The van der Waals surface area contributed by atoms with Crippen molar-refractivity contribution in [2.75, 3.05) is 39.9 Å². The average Bonchev–Trinajstić information content (AvgIpc) is 2.59. The SMILES string of the molecule is COc1cc([C@H]2CN3CCN(C(=O)O)C[C@@H]3CO2)cc(F)c1C#N. The minimum absolute atomic E-state index is 0.0104. The second-order valence-electron chi connectivity index (χ2n) is 5.89. The third kappa shape index (κ3) is 3.00. The second-order valence-corrected chi connectivity index (χ2v) is 5.89. The number of piperazine rings is 1. The van der Waals surface area contributed by atoms with Crippen molar-refractivity contribution in [2.24, 2.45) is 0 Å². The highest BCUT2D eigenvalue weighted by molar-refractivity contribution is 5.65. The number of halogens is 1. The number of fused-ring (bicyclic) bond motifs is 1. The number of benzene rings is 1. The number of carbonyl (C=O) groups is 1. The molecule has 1 amide bonds. The fraction of sp³-hybridized carbons (Fsp3) is 0.500. The lowest BCUT2D eigenvalue weighted by molar-refractivity contribution is -0.0867. The van der Waals surface area contributed by atoms with Crippen molar-refractivity contribution in [3.63, 3.8) is 0 Å². The molecule has 0 saturated carbocycles. The Kier molecular flexibility index (Phi) is 4.55. The third-order valence-electron chi connectivity index (χ3n) is 4.55. The van der Waals surface area contributed by atoms with Gasteiger partial charge in [-0.25, -0.2) is 9.18 Å². The molecular formula is C16H18FN3O4. The Morgan fingerprint density at radius 2 is 2.25 bits per heavy atom. The van der Waals surface area contributed by atoms with Crippen molar-refractivity contribution in [3.8, 4) is 11.8 Å². The number of amides is 1. The minimum Gasteiger partial charge on any atom is -0.495 e. The highest BCUT2D eigenvalue weighted by atomic mass is 19.1. The van der Waals surface area contributed by atoms with Crippen LogP contribution >= 0.6 is 0 Å². The van der Waals surface area contributed by atoms with Gasteiger partial charge in [0, 0.05) is 26.2 Å². The molecule has 0 unspecified atom stereocenters. The summed E-state index contributed by atoms with van der Waals surface area (Å²) in [7, 11) is 1.39. The molecule has 1 N–H and O–H groups in total. The predicted molar refractivity (Wildman–Crippen MR) is 81.3 cm³/mol. The average molecular weight is 335 g/mol. The van der Waals surface area contributed by atoms with E-state index in [0.29, 0.717) is 38.3 Å². The van der Waals surface area contributed by atoms with Gasteiger partial charge in [0.25, 0.3) is 0 Å². The van der Waals surface area contributed by atoms with Gasteiger partial charge in [-0.15, -0.1) is 0 Å². The molecular weight excluding hydrogens is 317 g/mol. The van der Waals surface area contributed by atoms with Crippen LogP contribution in [-0.4, -0.2) is 66.9 Å². The number of rotatable bonds is 2. The van der Waals surface area contributed by atoms with Gasteiger partial charge >= 0.3 is 6.09 Å². The Morgan fingerprint density at radius 3 is 2.92 bits per heavy atom. The Morgan fingerprint density at radius 1 is 1.46 bits per heavy atom. The lowest BCUT2D eigenvalue weighted by atomic mass is 10.0. The molecule has 128 valence electrons. The van der Waals surface area contributed by atoms with Crippen LogP contribution in [-0.2, 0) is 4.74 Å². The monoisotopic (exact) mass is 335 g/mol. The number of hydrogen-bond acceptors (Lipinski definition) is 5.